The van der Waals surface area contributed by atoms with Crippen LogP contribution in [-0.4, -0.2) is 35.8 Å². The fourth-order valence-electron chi connectivity index (χ4n) is 3.84. The second-order valence-electron chi connectivity index (χ2n) is 8.10. The molecule has 0 spiro atoms. The van der Waals surface area contributed by atoms with Crippen LogP contribution in [0.2, 0.25) is 0 Å². The maximum Gasteiger partial charge on any atom is 0.253 e. The predicted molar refractivity (Wildman–Crippen MR) is 108 cm³/mol. The van der Waals surface area contributed by atoms with Gasteiger partial charge in [-0.05, 0) is 69.2 Å². The van der Waals surface area contributed by atoms with Crippen LogP contribution in [0.1, 0.15) is 54.6 Å². The van der Waals surface area contributed by atoms with E-state index in [1.165, 1.54) is 0 Å². The highest BCUT2D eigenvalue weighted by molar-refractivity contribution is 5.94. The molecule has 1 saturated carbocycles. The van der Waals surface area contributed by atoms with Gasteiger partial charge in [0, 0.05) is 36.7 Å². The Kier molecular flexibility index (Phi) is 5.51. The molecular formula is C23H28N2O3. The van der Waals surface area contributed by atoms with Crippen LogP contribution in [0.15, 0.2) is 40.8 Å². The molecule has 2 aliphatic rings. The number of carbonyl (C=O) groups excluding carboxylic acids is 2. The number of benzene rings is 1. The molecule has 2 amide bonds. The Balaban J connectivity index is 1.26. The van der Waals surface area contributed by atoms with Gasteiger partial charge in [0.1, 0.15) is 11.5 Å². The van der Waals surface area contributed by atoms with Gasteiger partial charge in [0.05, 0.1) is 0 Å². The molecule has 0 atom stereocenters. The van der Waals surface area contributed by atoms with Crippen molar-refractivity contribution in [3.8, 4) is 11.3 Å². The van der Waals surface area contributed by atoms with Crippen LogP contribution in [0.3, 0.4) is 0 Å². The van der Waals surface area contributed by atoms with Crippen LogP contribution in [0, 0.1) is 12.8 Å². The lowest BCUT2D eigenvalue weighted by atomic mass is 9.91. The second kappa shape index (κ2) is 8.21. The van der Waals surface area contributed by atoms with Crippen LogP contribution in [0.5, 0.6) is 0 Å². The van der Waals surface area contributed by atoms with Crippen molar-refractivity contribution in [2.45, 2.75) is 51.5 Å². The van der Waals surface area contributed by atoms with Crippen LogP contribution in [-0.2, 0) is 4.79 Å². The Labute approximate surface area is 166 Å². The first-order valence-electron chi connectivity index (χ1n) is 10.3. The standard InChI is InChI=1S/C23H28N2O3/c1-16-2-10-21(28-16)18-4-6-19(7-5-18)23(27)25-14-12-17(13-15-25)3-11-22(26)24-20-8-9-20/h2,4-7,10,17,20H,3,8-9,11-15H2,1H3,(H,24,26). The summed E-state index contributed by atoms with van der Waals surface area (Å²) in [7, 11) is 0. The van der Waals surface area contributed by atoms with E-state index in [0.29, 0.717) is 23.9 Å². The molecule has 0 radical (unpaired) electrons. The highest BCUT2D eigenvalue weighted by Gasteiger charge is 2.26. The van der Waals surface area contributed by atoms with Crippen molar-refractivity contribution >= 4 is 11.8 Å². The normalized spacial score (nSPS) is 17.5. The number of hydrogen-bond acceptors (Lipinski definition) is 3. The molecule has 1 aliphatic heterocycles. The number of nitrogens with zero attached hydrogens (tertiary/aromatic N) is 1. The number of carbonyl (C=O) groups is 2. The summed E-state index contributed by atoms with van der Waals surface area (Å²) < 4.78 is 5.64. The first kappa shape index (κ1) is 18.8. The summed E-state index contributed by atoms with van der Waals surface area (Å²) in [4.78, 5) is 26.6. The molecule has 0 unspecified atom stereocenters. The highest BCUT2D eigenvalue weighted by atomic mass is 16.3. The topological polar surface area (TPSA) is 62.6 Å². The molecule has 1 saturated heterocycles. The Bertz CT molecular complexity index is 828. The summed E-state index contributed by atoms with van der Waals surface area (Å²) in [6.45, 7) is 3.46. The second-order valence-corrected chi connectivity index (χ2v) is 8.10. The zero-order chi connectivity index (χ0) is 19.5. The Morgan fingerprint density at radius 2 is 1.75 bits per heavy atom. The number of piperidine rings is 1. The molecule has 5 nitrogen and oxygen atoms in total. The van der Waals surface area contributed by atoms with Gasteiger partial charge in [-0.25, -0.2) is 0 Å². The fraction of sp³-hybridized carbons (Fsp3) is 0.478. The molecule has 1 aromatic heterocycles. The number of likely N-dealkylation sites (tertiary alicyclic amines) is 1. The zero-order valence-corrected chi connectivity index (χ0v) is 16.4. The Morgan fingerprint density at radius 3 is 2.36 bits per heavy atom. The van der Waals surface area contributed by atoms with Gasteiger partial charge in [0.2, 0.25) is 5.91 Å². The third kappa shape index (κ3) is 4.64. The fourth-order valence-corrected chi connectivity index (χ4v) is 3.84. The van der Waals surface area contributed by atoms with E-state index in [4.69, 9.17) is 4.42 Å². The third-order valence-corrected chi connectivity index (χ3v) is 5.78. The lowest BCUT2D eigenvalue weighted by Gasteiger charge is -2.32. The largest absolute Gasteiger partial charge is 0.461 e. The van der Waals surface area contributed by atoms with Gasteiger partial charge in [-0.2, -0.15) is 0 Å². The van der Waals surface area contributed by atoms with E-state index in [2.05, 4.69) is 5.32 Å². The smallest absolute Gasteiger partial charge is 0.253 e. The molecule has 5 heteroatoms. The maximum atomic E-state index is 12.8. The summed E-state index contributed by atoms with van der Waals surface area (Å²) in [5.41, 5.74) is 1.70. The molecule has 2 fully saturated rings. The number of hydrogen-bond donors (Lipinski definition) is 1. The van der Waals surface area contributed by atoms with Gasteiger partial charge < -0.3 is 14.6 Å². The lowest BCUT2D eigenvalue weighted by Crippen LogP contribution is -2.38. The molecule has 148 valence electrons. The number of furan rings is 1. The molecule has 1 aliphatic carbocycles. The van der Waals surface area contributed by atoms with Crippen molar-refractivity contribution in [1.82, 2.24) is 10.2 Å². The van der Waals surface area contributed by atoms with Crippen LogP contribution in [0.25, 0.3) is 11.3 Å². The number of rotatable bonds is 6. The van der Waals surface area contributed by atoms with Gasteiger partial charge in [0.25, 0.3) is 5.91 Å². The van der Waals surface area contributed by atoms with Crippen molar-refractivity contribution in [3.05, 3.63) is 47.7 Å². The summed E-state index contributed by atoms with van der Waals surface area (Å²) in [6.07, 6.45) is 5.77. The average molecular weight is 380 g/mol. The first-order valence-corrected chi connectivity index (χ1v) is 10.3. The average Bonchev–Trinajstić information content (AvgIpc) is 3.43. The summed E-state index contributed by atoms with van der Waals surface area (Å²) in [5.74, 6) is 2.52. The minimum absolute atomic E-state index is 0.0899. The van der Waals surface area contributed by atoms with Crippen LogP contribution >= 0.6 is 0 Å². The van der Waals surface area contributed by atoms with E-state index in [1.807, 2.05) is 48.2 Å². The number of amides is 2. The van der Waals surface area contributed by atoms with Gasteiger partial charge in [-0.15, -0.1) is 0 Å². The quantitative estimate of drug-likeness (QED) is 0.818. The minimum Gasteiger partial charge on any atom is -0.461 e. The molecule has 2 heterocycles. The molecule has 4 rings (SSSR count). The molecule has 1 N–H and O–H groups in total. The minimum atomic E-state index is 0.0899. The van der Waals surface area contributed by atoms with E-state index in [0.717, 1.165) is 62.3 Å². The van der Waals surface area contributed by atoms with Gasteiger partial charge >= 0.3 is 0 Å². The van der Waals surface area contributed by atoms with Crippen molar-refractivity contribution in [2.24, 2.45) is 5.92 Å². The van der Waals surface area contributed by atoms with E-state index in [1.54, 1.807) is 0 Å². The Morgan fingerprint density at radius 1 is 1.04 bits per heavy atom. The highest BCUT2D eigenvalue weighted by Crippen LogP contribution is 2.26. The molecule has 0 bridgehead atoms. The van der Waals surface area contributed by atoms with E-state index < -0.39 is 0 Å². The van der Waals surface area contributed by atoms with E-state index in [9.17, 15) is 9.59 Å². The lowest BCUT2D eigenvalue weighted by molar-refractivity contribution is -0.121. The molecule has 2 aromatic rings. The summed E-state index contributed by atoms with van der Waals surface area (Å²) in [6, 6.07) is 12.0. The van der Waals surface area contributed by atoms with Gasteiger partial charge in [0.15, 0.2) is 0 Å². The first-order chi connectivity index (χ1) is 13.6. The van der Waals surface area contributed by atoms with Crippen LogP contribution < -0.4 is 5.32 Å². The Hall–Kier alpha value is -2.56. The summed E-state index contributed by atoms with van der Waals surface area (Å²) >= 11 is 0. The molecular weight excluding hydrogens is 352 g/mol. The van der Waals surface area contributed by atoms with Crippen molar-refractivity contribution in [1.29, 1.82) is 0 Å². The molecule has 1 aromatic carbocycles. The van der Waals surface area contributed by atoms with Gasteiger partial charge in [-0.3, -0.25) is 9.59 Å². The zero-order valence-electron chi connectivity index (χ0n) is 16.4. The van der Waals surface area contributed by atoms with Crippen LogP contribution in [0.4, 0.5) is 0 Å². The predicted octanol–water partition coefficient (Wildman–Crippen LogP) is 4.17. The van der Waals surface area contributed by atoms with E-state index in [-0.39, 0.29) is 11.8 Å². The SMILES string of the molecule is Cc1ccc(-c2ccc(C(=O)N3CCC(CCC(=O)NC4CC4)CC3)cc2)o1. The number of aryl methyl sites for hydroxylation is 1. The summed E-state index contributed by atoms with van der Waals surface area (Å²) in [5, 5.41) is 3.05. The third-order valence-electron chi connectivity index (χ3n) is 5.78. The van der Waals surface area contributed by atoms with Gasteiger partial charge in [-0.1, -0.05) is 12.1 Å². The molecule has 28 heavy (non-hydrogen) atoms. The van der Waals surface area contributed by atoms with Crippen molar-refractivity contribution in [3.63, 3.8) is 0 Å². The van der Waals surface area contributed by atoms with E-state index >= 15 is 0 Å². The monoisotopic (exact) mass is 380 g/mol. The van der Waals surface area contributed by atoms with Crippen molar-refractivity contribution < 1.29 is 14.0 Å². The maximum absolute atomic E-state index is 12.8. The van der Waals surface area contributed by atoms with Crippen molar-refractivity contribution in [2.75, 3.05) is 13.1 Å². The number of nitrogens with one attached hydrogen (secondary N) is 1.